The zero-order chi connectivity index (χ0) is 24.5. The second-order valence-corrected chi connectivity index (χ2v) is 9.10. The number of carbonyl (C=O) groups excluding carboxylic acids is 2. The molecule has 2 aliphatic rings. The van der Waals surface area contributed by atoms with Crippen molar-refractivity contribution < 1.29 is 22.8 Å². The average molecular weight is 481 g/mol. The standard InChI is InChI=1S/C23H27F3N4O2S/c1-6-13(2)27-18(31)11-17-12-33-22-28-14(3)19(21(32)29(4)5)20(30(17)22)15-7-9-16(10-8-15)23(24,25)26/h7-10,12-13,20H,6,11H2,1-5H3,(H,27,31)/t13-,20+/m1/s1. The van der Waals surface area contributed by atoms with E-state index in [1.165, 1.54) is 28.8 Å². The number of nitrogens with one attached hydrogen (secondary N) is 1. The smallest absolute Gasteiger partial charge is 0.353 e. The number of hydrogen-bond acceptors (Lipinski definition) is 5. The molecule has 10 heteroatoms. The van der Waals surface area contributed by atoms with Crippen molar-refractivity contribution in [3.05, 3.63) is 57.8 Å². The molecule has 0 radical (unpaired) electrons. The Bertz CT molecular complexity index is 1030. The maximum Gasteiger partial charge on any atom is 0.416 e. The first-order valence-electron chi connectivity index (χ1n) is 10.6. The number of hydrogen-bond donors (Lipinski definition) is 1. The highest BCUT2D eigenvalue weighted by Crippen LogP contribution is 2.45. The number of carbonyl (C=O) groups is 2. The van der Waals surface area contributed by atoms with Crippen LogP contribution >= 0.6 is 11.8 Å². The van der Waals surface area contributed by atoms with Crippen molar-refractivity contribution in [3.8, 4) is 0 Å². The van der Waals surface area contributed by atoms with Crippen molar-refractivity contribution in [2.75, 3.05) is 14.1 Å². The Hall–Kier alpha value is -2.75. The highest BCUT2D eigenvalue weighted by Gasteiger charge is 2.41. The summed E-state index contributed by atoms with van der Waals surface area (Å²) in [6.07, 6.45) is -3.61. The molecule has 2 atom stereocenters. The van der Waals surface area contributed by atoms with Gasteiger partial charge in [0, 0.05) is 25.8 Å². The van der Waals surface area contributed by atoms with Gasteiger partial charge in [0.25, 0.3) is 5.91 Å². The predicted molar refractivity (Wildman–Crippen MR) is 123 cm³/mol. The molecule has 1 aromatic rings. The summed E-state index contributed by atoms with van der Waals surface area (Å²) in [5.74, 6) is -0.462. The fourth-order valence-electron chi connectivity index (χ4n) is 3.65. The summed E-state index contributed by atoms with van der Waals surface area (Å²) in [5.41, 5.74) is 1.24. The van der Waals surface area contributed by atoms with Gasteiger partial charge >= 0.3 is 6.18 Å². The Balaban J connectivity index is 2.04. The number of aliphatic imine (C=N–C) groups is 1. The first-order chi connectivity index (χ1) is 15.4. The number of alkyl halides is 3. The van der Waals surface area contributed by atoms with Gasteiger partial charge in [-0.1, -0.05) is 30.8 Å². The van der Waals surface area contributed by atoms with E-state index in [1.807, 2.05) is 19.3 Å². The number of rotatable bonds is 6. The maximum atomic E-state index is 13.1. The Morgan fingerprint density at radius 1 is 1.24 bits per heavy atom. The van der Waals surface area contributed by atoms with Crippen molar-refractivity contribution >= 4 is 28.7 Å². The molecule has 33 heavy (non-hydrogen) atoms. The highest BCUT2D eigenvalue weighted by molar-refractivity contribution is 8.16. The van der Waals surface area contributed by atoms with Crippen molar-refractivity contribution in [1.82, 2.24) is 15.1 Å². The second kappa shape index (κ2) is 9.62. The lowest BCUT2D eigenvalue weighted by atomic mass is 9.92. The molecule has 1 aromatic carbocycles. The summed E-state index contributed by atoms with van der Waals surface area (Å²) in [6.45, 7) is 5.60. The SMILES string of the molecule is CC[C@@H](C)NC(=O)CC1=CSC2=NC(C)=C(C(=O)N(C)C)[C@H](c3ccc(C(F)(F)F)cc3)N12. The van der Waals surface area contributed by atoms with Crippen LogP contribution in [-0.2, 0) is 15.8 Å². The van der Waals surface area contributed by atoms with Crippen molar-refractivity contribution in [2.24, 2.45) is 4.99 Å². The first kappa shape index (κ1) is 24.9. The molecule has 6 nitrogen and oxygen atoms in total. The Kier molecular flexibility index (Phi) is 7.26. The number of fused-ring (bicyclic) bond motifs is 1. The van der Waals surface area contributed by atoms with Crippen molar-refractivity contribution in [1.29, 1.82) is 0 Å². The first-order valence-corrected chi connectivity index (χ1v) is 11.4. The van der Waals surface area contributed by atoms with E-state index in [1.54, 1.807) is 25.9 Å². The molecule has 0 aliphatic carbocycles. The monoisotopic (exact) mass is 480 g/mol. The third-order valence-electron chi connectivity index (χ3n) is 5.55. The molecule has 1 N–H and O–H groups in total. The number of allylic oxidation sites excluding steroid dienone is 1. The fourth-order valence-corrected chi connectivity index (χ4v) is 4.61. The zero-order valence-electron chi connectivity index (χ0n) is 19.2. The third-order valence-corrected chi connectivity index (χ3v) is 6.44. The Morgan fingerprint density at radius 3 is 2.42 bits per heavy atom. The van der Waals surface area contributed by atoms with Gasteiger partial charge in [-0.25, -0.2) is 4.99 Å². The minimum atomic E-state index is -4.46. The van der Waals surface area contributed by atoms with Gasteiger partial charge in [0.05, 0.1) is 29.3 Å². The summed E-state index contributed by atoms with van der Waals surface area (Å²) in [4.78, 5) is 33.5. The van der Waals surface area contributed by atoms with Gasteiger partial charge in [-0.15, -0.1) is 0 Å². The van der Waals surface area contributed by atoms with Crippen molar-refractivity contribution in [3.63, 3.8) is 0 Å². The van der Waals surface area contributed by atoms with Gasteiger partial charge in [0.1, 0.15) is 0 Å². The molecule has 0 aromatic heterocycles. The van der Waals surface area contributed by atoms with Gasteiger partial charge in [0.2, 0.25) is 5.91 Å². The molecule has 2 aliphatic heterocycles. The number of nitrogens with zero attached hydrogens (tertiary/aromatic N) is 3. The predicted octanol–water partition coefficient (Wildman–Crippen LogP) is 4.67. The van der Waals surface area contributed by atoms with Crippen LogP contribution < -0.4 is 5.32 Å². The number of amidine groups is 1. The summed E-state index contributed by atoms with van der Waals surface area (Å²) in [5, 5.41) is 5.31. The molecule has 0 saturated carbocycles. The third kappa shape index (κ3) is 5.26. The Labute approximate surface area is 195 Å². The molecule has 0 spiro atoms. The minimum absolute atomic E-state index is 0.0142. The summed E-state index contributed by atoms with van der Waals surface area (Å²) in [7, 11) is 3.22. The summed E-state index contributed by atoms with van der Waals surface area (Å²) in [6, 6.07) is 4.10. The number of likely N-dealkylation sites (N-methyl/N-ethyl adjacent to an activating group) is 1. The molecular formula is C23H27F3N4O2S. The van der Waals surface area contributed by atoms with Crippen LogP contribution in [0.3, 0.4) is 0 Å². The van der Waals surface area contributed by atoms with E-state index in [0.717, 1.165) is 18.6 Å². The second-order valence-electron chi connectivity index (χ2n) is 8.27. The zero-order valence-corrected chi connectivity index (χ0v) is 20.0. The van der Waals surface area contributed by atoms with E-state index in [4.69, 9.17) is 0 Å². The van der Waals surface area contributed by atoms with Gasteiger partial charge in [0.15, 0.2) is 5.17 Å². The quantitative estimate of drug-likeness (QED) is 0.643. The molecule has 0 unspecified atom stereocenters. The van der Waals surface area contributed by atoms with E-state index in [2.05, 4.69) is 10.3 Å². The van der Waals surface area contributed by atoms with Crippen LogP contribution in [-0.4, -0.2) is 46.9 Å². The molecule has 2 amide bonds. The molecule has 3 rings (SSSR count). The fraction of sp³-hybridized carbons (Fsp3) is 0.435. The lowest BCUT2D eigenvalue weighted by molar-refractivity contribution is -0.137. The maximum absolute atomic E-state index is 13.1. The topological polar surface area (TPSA) is 65.0 Å². The largest absolute Gasteiger partial charge is 0.416 e. The highest BCUT2D eigenvalue weighted by atomic mass is 32.2. The van der Waals surface area contributed by atoms with E-state index >= 15 is 0 Å². The lowest BCUT2D eigenvalue weighted by Gasteiger charge is -2.37. The molecule has 2 heterocycles. The molecule has 0 fully saturated rings. The van der Waals surface area contributed by atoms with Crippen LogP contribution in [0.25, 0.3) is 0 Å². The summed E-state index contributed by atoms with van der Waals surface area (Å²) < 4.78 is 39.4. The normalized spacial score (nSPS) is 19.0. The molecule has 0 bridgehead atoms. The number of amides is 2. The number of halogens is 3. The van der Waals surface area contributed by atoms with Gasteiger partial charge in [-0.05, 0) is 43.4 Å². The molecule has 178 valence electrons. The van der Waals surface area contributed by atoms with E-state index in [9.17, 15) is 22.8 Å². The van der Waals surface area contributed by atoms with Crippen LogP contribution in [0.15, 0.2) is 51.6 Å². The van der Waals surface area contributed by atoms with Crippen LogP contribution in [0.5, 0.6) is 0 Å². The minimum Gasteiger partial charge on any atom is -0.353 e. The van der Waals surface area contributed by atoms with Gasteiger partial charge in [-0.2, -0.15) is 13.2 Å². The van der Waals surface area contributed by atoms with Crippen molar-refractivity contribution in [2.45, 2.75) is 51.9 Å². The van der Waals surface area contributed by atoms with Crippen LogP contribution in [0.1, 0.15) is 50.8 Å². The molecular weight excluding hydrogens is 453 g/mol. The van der Waals surface area contributed by atoms with Crippen LogP contribution in [0.2, 0.25) is 0 Å². The van der Waals surface area contributed by atoms with Crippen LogP contribution in [0.4, 0.5) is 13.2 Å². The number of benzene rings is 1. The molecule has 0 saturated heterocycles. The van der Waals surface area contributed by atoms with Crippen LogP contribution in [0, 0.1) is 0 Å². The van der Waals surface area contributed by atoms with E-state index < -0.39 is 17.8 Å². The van der Waals surface area contributed by atoms with E-state index in [-0.39, 0.29) is 24.3 Å². The van der Waals surface area contributed by atoms with Gasteiger partial charge < -0.3 is 15.1 Å². The lowest BCUT2D eigenvalue weighted by Crippen LogP contribution is -2.40. The Morgan fingerprint density at radius 2 is 1.88 bits per heavy atom. The number of thioether (sulfide) groups is 1. The van der Waals surface area contributed by atoms with E-state index in [0.29, 0.717) is 27.7 Å². The average Bonchev–Trinajstić information content (AvgIpc) is 3.13. The summed E-state index contributed by atoms with van der Waals surface area (Å²) >= 11 is 1.33. The van der Waals surface area contributed by atoms with Gasteiger partial charge in [-0.3, -0.25) is 9.59 Å².